The van der Waals surface area contributed by atoms with Crippen LogP contribution in [0.5, 0.6) is 0 Å². The highest BCUT2D eigenvalue weighted by molar-refractivity contribution is 6.31. The molecule has 0 spiro atoms. The van der Waals surface area contributed by atoms with E-state index in [9.17, 15) is 5.11 Å². The van der Waals surface area contributed by atoms with Crippen molar-refractivity contribution in [3.63, 3.8) is 0 Å². The molecule has 1 aliphatic carbocycles. The Kier molecular flexibility index (Phi) is 2.29. The molecule has 2 rings (SSSR count). The number of hydrogen-bond donors (Lipinski definition) is 2. The summed E-state index contributed by atoms with van der Waals surface area (Å²) in [6.45, 7) is 2.67. The van der Waals surface area contributed by atoms with Gasteiger partial charge in [0.15, 0.2) is 0 Å². The first-order chi connectivity index (χ1) is 6.57. The van der Waals surface area contributed by atoms with Gasteiger partial charge in [-0.25, -0.2) is 0 Å². The van der Waals surface area contributed by atoms with Crippen LogP contribution in [0.4, 0.5) is 0 Å². The van der Waals surface area contributed by atoms with Crippen molar-refractivity contribution in [3.05, 3.63) is 16.9 Å². The van der Waals surface area contributed by atoms with Crippen molar-refractivity contribution in [3.8, 4) is 0 Å². The fourth-order valence-electron chi connectivity index (χ4n) is 2.07. The third-order valence-electron chi connectivity index (χ3n) is 2.73. The number of aryl methyl sites for hydroxylation is 1. The Balaban J connectivity index is 2.35. The zero-order chi connectivity index (χ0) is 10.3. The Morgan fingerprint density at radius 1 is 1.79 bits per heavy atom. The molecule has 0 bridgehead atoms. The summed E-state index contributed by atoms with van der Waals surface area (Å²) < 4.78 is 1.73. The summed E-state index contributed by atoms with van der Waals surface area (Å²) in [5.41, 5.74) is 5.52. The molecule has 78 valence electrons. The normalized spacial score (nSPS) is 31.6. The first-order valence-electron chi connectivity index (χ1n) is 4.76. The van der Waals surface area contributed by atoms with Crippen LogP contribution in [-0.4, -0.2) is 20.9 Å². The molecule has 1 aromatic heterocycles. The first kappa shape index (κ1) is 9.96. The van der Waals surface area contributed by atoms with Gasteiger partial charge in [-0.3, -0.25) is 4.68 Å². The number of nitrogens with two attached hydrogens (primary N) is 1. The maximum Gasteiger partial charge on any atom is 0.111 e. The van der Waals surface area contributed by atoms with Crippen molar-refractivity contribution >= 4 is 11.6 Å². The average molecular weight is 216 g/mol. The van der Waals surface area contributed by atoms with Crippen molar-refractivity contribution in [2.45, 2.75) is 38.0 Å². The van der Waals surface area contributed by atoms with Crippen LogP contribution in [0.2, 0.25) is 5.02 Å². The summed E-state index contributed by atoms with van der Waals surface area (Å²) in [4.78, 5) is 0. The number of hydrogen-bond acceptors (Lipinski definition) is 3. The largest absolute Gasteiger partial charge is 0.383 e. The van der Waals surface area contributed by atoms with E-state index in [0.717, 1.165) is 0 Å². The second-order valence-corrected chi connectivity index (χ2v) is 4.26. The van der Waals surface area contributed by atoms with E-state index in [1.165, 1.54) is 0 Å². The van der Waals surface area contributed by atoms with Crippen LogP contribution >= 0.6 is 11.6 Å². The second kappa shape index (κ2) is 3.22. The van der Waals surface area contributed by atoms with Crippen molar-refractivity contribution in [2.24, 2.45) is 5.73 Å². The molecular formula is C9H14ClN3O. The summed E-state index contributed by atoms with van der Waals surface area (Å²) in [5, 5.41) is 14.8. The van der Waals surface area contributed by atoms with E-state index in [-0.39, 0.29) is 6.04 Å². The van der Waals surface area contributed by atoms with Crippen molar-refractivity contribution in [1.82, 2.24) is 9.78 Å². The number of rotatable bonds is 2. The minimum atomic E-state index is -0.858. The molecule has 0 aromatic carbocycles. The Bertz CT molecular complexity index is 344. The lowest BCUT2D eigenvalue weighted by Gasteiger charge is -2.42. The lowest BCUT2D eigenvalue weighted by molar-refractivity contribution is -0.0592. The number of aliphatic hydroxyl groups is 1. The molecule has 0 radical (unpaired) electrons. The van der Waals surface area contributed by atoms with E-state index in [4.69, 9.17) is 17.3 Å². The molecule has 0 unspecified atom stereocenters. The van der Waals surface area contributed by atoms with Gasteiger partial charge in [0.1, 0.15) is 5.60 Å². The maximum atomic E-state index is 10.2. The summed E-state index contributed by atoms with van der Waals surface area (Å²) in [6, 6.07) is 0.0799. The molecule has 0 saturated heterocycles. The van der Waals surface area contributed by atoms with Crippen LogP contribution in [0.15, 0.2) is 6.20 Å². The van der Waals surface area contributed by atoms with Crippen LogP contribution in [0.25, 0.3) is 0 Å². The lowest BCUT2D eigenvalue weighted by Crippen LogP contribution is -2.50. The fourth-order valence-corrected chi connectivity index (χ4v) is 2.38. The van der Waals surface area contributed by atoms with Gasteiger partial charge in [-0.05, 0) is 19.8 Å². The molecule has 5 heteroatoms. The molecular weight excluding hydrogens is 202 g/mol. The molecule has 0 amide bonds. The molecule has 1 aromatic rings. The SMILES string of the molecule is CCn1ncc(Cl)c1C1(O)CC(N)C1. The highest BCUT2D eigenvalue weighted by Crippen LogP contribution is 2.43. The summed E-state index contributed by atoms with van der Waals surface area (Å²) in [5.74, 6) is 0. The molecule has 1 heterocycles. The topological polar surface area (TPSA) is 64.1 Å². The zero-order valence-corrected chi connectivity index (χ0v) is 8.83. The molecule has 1 aliphatic rings. The monoisotopic (exact) mass is 215 g/mol. The van der Waals surface area contributed by atoms with Crippen molar-refractivity contribution < 1.29 is 5.11 Å². The van der Waals surface area contributed by atoms with Crippen LogP contribution < -0.4 is 5.73 Å². The fraction of sp³-hybridized carbons (Fsp3) is 0.667. The standard InChI is InChI=1S/C9H14ClN3O/c1-2-13-8(7(10)5-12-13)9(14)3-6(11)4-9/h5-6,14H,2-4,11H2,1H3. The van der Waals surface area contributed by atoms with E-state index >= 15 is 0 Å². The predicted octanol–water partition coefficient (Wildman–Crippen LogP) is 0.865. The minimum Gasteiger partial charge on any atom is -0.383 e. The number of nitrogens with zero attached hydrogens (tertiary/aromatic N) is 2. The highest BCUT2D eigenvalue weighted by atomic mass is 35.5. The van der Waals surface area contributed by atoms with Gasteiger partial charge in [0.25, 0.3) is 0 Å². The molecule has 0 atom stereocenters. The Hall–Kier alpha value is -0.580. The van der Waals surface area contributed by atoms with E-state index in [1.54, 1.807) is 10.9 Å². The number of halogens is 1. The lowest BCUT2D eigenvalue weighted by atomic mass is 9.74. The van der Waals surface area contributed by atoms with Gasteiger partial charge in [0.2, 0.25) is 0 Å². The molecule has 0 aliphatic heterocycles. The molecule has 3 N–H and O–H groups in total. The van der Waals surface area contributed by atoms with Crippen LogP contribution in [0.3, 0.4) is 0 Å². The Morgan fingerprint density at radius 3 is 2.93 bits per heavy atom. The van der Waals surface area contributed by atoms with Gasteiger partial charge in [-0.2, -0.15) is 5.10 Å². The number of aromatic nitrogens is 2. The van der Waals surface area contributed by atoms with E-state index < -0.39 is 5.60 Å². The predicted molar refractivity (Wildman–Crippen MR) is 54.0 cm³/mol. The van der Waals surface area contributed by atoms with Crippen LogP contribution in [-0.2, 0) is 12.1 Å². The zero-order valence-electron chi connectivity index (χ0n) is 8.07. The third-order valence-corrected chi connectivity index (χ3v) is 3.01. The molecule has 1 fully saturated rings. The van der Waals surface area contributed by atoms with Gasteiger partial charge >= 0.3 is 0 Å². The van der Waals surface area contributed by atoms with Gasteiger partial charge in [0.05, 0.1) is 16.9 Å². The van der Waals surface area contributed by atoms with E-state index in [2.05, 4.69) is 5.10 Å². The van der Waals surface area contributed by atoms with Crippen molar-refractivity contribution in [1.29, 1.82) is 0 Å². The summed E-state index contributed by atoms with van der Waals surface area (Å²) in [7, 11) is 0. The summed E-state index contributed by atoms with van der Waals surface area (Å²) >= 11 is 5.98. The van der Waals surface area contributed by atoms with Crippen LogP contribution in [0.1, 0.15) is 25.5 Å². The Morgan fingerprint density at radius 2 is 2.43 bits per heavy atom. The maximum absolute atomic E-state index is 10.2. The highest BCUT2D eigenvalue weighted by Gasteiger charge is 2.45. The van der Waals surface area contributed by atoms with E-state index in [1.807, 2.05) is 6.92 Å². The van der Waals surface area contributed by atoms with Gasteiger partial charge in [-0.1, -0.05) is 11.6 Å². The quantitative estimate of drug-likeness (QED) is 0.770. The average Bonchev–Trinajstić information content (AvgIpc) is 2.44. The smallest absolute Gasteiger partial charge is 0.111 e. The van der Waals surface area contributed by atoms with Gasteiger partial charge in [-0.15, -0.1) is 0 Å². The summed E-state index contributed by atoms with van der Waals surface area (Å²) in [6.07, 6.45) is 2.71. The molecule has 4 nitrogen and oxygen atoms in total. The van der Waals surface area contributed by atoms with E-state index in [0.29, 0.717) is 30.1 Å². The van der Waals surface area contributed by atoms with Crippen LogP contribution in [0, 0.1) is 0 Å². The molecule has 14 heavy (non-hydrogen) atoms. The van der Waals surface area contributed by atoms with Gasteiger partial charge in [0, 0.05) is 12.6 Å². The molecule has 1 saturated carbocycles. The van der Waals surface area contributed by atoms with Crippen molar-refractivity contribution in [2.75, 3.05) is 0 Å². The third kappa shape index (κ3) is 1.34. The minimum absolute atomic E-state index is 0.0799. The Labute approximate surface area is 87.7 Å². The second-order valence-electron chi connectivity index (χ2n) is 3.86. The van der Waals surface area contributed by atoms with Gasteiger partial charge < -0.3 is 10.8 Å². The first-order valence-corrected chi connectivity index (χ1v) is 5.14.